The van der Waals surface area contributed by atoms with E-state index in [0.29, 0.717) is 22.7 Å². The third-order valence-electron chi connectivity index (χ3n) is 3.57. The van der Waals surface area contributed by atoms with Crippen LogP contribution in [0.15, 0.2) is 54.1 Å². The van der Waals surface area contributed by atoms with E-state index in [1.54, 1.807) is 54.6 Å². The summed E-state index contributed by atoms with van der Waals surface area (Å²) >= 11 is 0. The number of nitriles is 1. The number of rotatable bonds is 7. The lowest BCUT2D eigenvalue weighted by molar-refractivity contribution is -0.142. The normalized spacial score (nSPS) is 10.4. The van der Waals surface area contributed by atoms with Gasteiger partial charge in [0.2, 0.25) is 5.91 Å². The number of methoxy groups -OCH3 is 1. The highest BCUT2D eigenvalue weighted by molar-refractivity contribution is 6.00. The Bertz CT molecular complexity index is 975. The molecular formula is C21H19N3O5. The van der Waals surface area contributed by atoms with Crippen LogP contribution in [0.1, 0.15) is 12.5 Å². The van der Waals surface area contributed by atoms with Crippen molar-refractivity contribution in [3.05, 3.63) is 59.7 Å². The van der Waals surface area contributed by atoms with Crippen molar-refractivity contribution < 1.29 is 23.9 Å². The molecule has 0 aromatic heterocycles. The van der Waals surface area contributed by atoms with Crippen molar-refractivity contribution in [1.29, 1.82) is 5.26 Å². The number of esters is 1. The molecule has 0 heterocycles. The van der Waals surface area contributed by atoms with Crippen LogP contribution in [0.5, 0.6) is 5.75 Å². The van der Waals surface area contributed by atoms with Crippen molar-refractivity contribution >= 4 is 35.2 Å². The van der Waals surface area contributed by atoms with Gasteiger partial charge in [-0.3, -0.25) is 9.59 Å². The summed E-state index contributed by atoms with van der Waals surface area (Å²) in [6.07, 6.45) is 1.35. The Morgan fingerprint density at radius 2 is 1.72 bits per heavy atom. The van der Waals surface area contributed by atoms with Crippen molar-refractivity contribution in [2.75, 3.05) is 24.4 Å². The van der Waals surface area contributed by atoms with Gasteiger partial charge in [0.25, 0.3) is 5.91 Å². The smallest absolute Gasteiger partial charge is 0.349 e. The third kappa shape index (κ3) is 6.84. The predicted octanol–water partition coefficient (Wildman–Crippen LogP) is 2.74. The number of ether oxygens (including phenoxy) is 2. The Balaban J connectivity index is 1.92. The lowest BCUT2D eigenvalue weighted by Gasteiger charge is -2.08. The summed E-state index contributed by atoms with van der Waals surface area (Å²) in [5.74, 6) is -1.10. The van der Waals surface area contributed by atoms with Crippen LogP contribution < -0.4 is 15.4 Å². The Hall–Kier alpha value is -4.12. The van der Waals surface area contributed by atoms with Crippen LogP contribution in [0, 0.1) is 11.3 Å². The average Bonchev–Trinajstić information content (AvgIpc) is 2.71. The summed E-state index contributed by atoms with van der Waals surface area (Å²) in [6, 6.07) is 15.0. The number of benzene rings is 2. The van der Waals surface area contributed by atoms with E-state index in [4.69, 9.17) is 9.47 Å². The summed E-state index contributed by atoms with van der Waals surface area (Å²) in [4.78, 5) is 35.0. The lowest BCUT2D eigenvalue weighted by atomic mass is 10.1. The van der Waals surface area contributed by atoms with E-state index in [1.807, 2.05) is 0 Å². The van der Waals surface area contributed by atoms with Gasteiger partial charge in [0.1, 0.15) is 17.4 Å². The molecule has 2 amide bonds. The molecular weight excluding hydrogens is 374 g/mol. The van der Waals surface area contributed by atoms with Gasteiger partial charge in [-0.15, -0.1) is 0 Å². The Morgan fingerprint density at radius 3 is 2.31 bits per heavy atom. The van der Waals surface area contributed by atoms with Crippen molar-refractivity contribution in [3.63, 3.8) is 0 Å². The highest BCUT2D eigenvalue weighted by Gasteiger charge is 2.13. The first-order valence-corrected chi connectivity index (χ1v) is 8.51. The SMILES string of the molecule is COc1cccc(/C=C(\C#N)C(=O)OCC(=O)Nc2ccc(NC(C)=O)cc2)c1. The largest absolute Gasteiger partial charge is 0.497 e. The van der Waals surface area contributed by atoms with Crippen molar-refractivity contribution in [2.45, 2.75) is 6.92 Å². The maximum Gasteiger partial charge on any atom is 0.349 e. The predicted molar refractivity (Wildman–Crippen MR) is 107 cm³/mol. The summed E-state index contributed by atoms with van der Waals surface area (Å²) in [7, 11) is 1.51. The van der Waals surface area contributed by atoms with E-state index >= 15 is 0 Å². The molecule has 8 heteroatoms. The fourth-order valence-corrected chi connectivity index (χ4v) is 2.28. The molecule has 0 atom stereocenters. The monoisotopic (exact) mass is 393 g/mol. The van der Waals surface area contributed by atoms with E-state index in [9.17, 15) is 19.6 Å². The van der Waals surface area contributed by atoms with Crippen molar-refractivity contribution in [2.24, 2.45) is 0 Å². The topological polar surface area (TPSA) is 118 Å². The molecule has 0 saturated carbocycles. The maximum atomic E-state index is 12.1. The zero-order chi connectivity index (χ0) is 21.2. The fourth-order valence-electron chi connectivity index (χ4n) is 2.28. The van der Waals surface area contributed by atoms with Gasteiger partial charge in [-0.1, -0.05) is 12.1 Å². The zero-order valence-electron chi connectivity index (χ0n) is 15.9. The van der Waals surface area contributed by atoms with Gasteiger partial charge in [0.05, 0.1) is 7.11 Å². The standard InChI is InChI=1S/C21H19N3O5/c1-14(25)23-17-6-8-18(9-7-17)24-20(26)13-29-21(27)16(12-22)10-15-4-3-5-19(11-15)28-2/h3-11H,13H2,1-2H3,(H,23,25)(H,24,26)/b16-10+. The van der Waals surface area contributed by atoms with Crippen LogP contribution in [-0.2, 0) is 19.1 Å². The molecule has 0 aliphatic heterocycles. The van der Waals surface area contributed by atoms with Crippen LogP contribution in [0.4, 0.5) is 11.4 Å². The van der Waals surface area contributed by atoms with Crippen LogP contribution in [0.2, 0.25) is 0 Å². The molecule has 0 radical (unpaired) electrons. The van der Waals surface area contributed by atoms with E-state index in [0.717, 1.165) is 0 Å². The second kappa shape index (κ2) is 10.3. The van der Waals surface area contributed by atoms with Crippen LogP contribution >= 0.6 is 0 Å². The van der Waals surface area contributed by atoms with Gasteiger partial charge in [-0.25, -0.2) is 4.79 Å². The van der Waals surface area contributed by atoms with E-state index in [2.05, 4.69) is 10.6 Å². The lowest BCUT2D eigenvalue weighted by Crippen LogP contribution is -2.21. The Labute approximate surface area is 167 Å². The molecule has 2 aromatic rings. The molecule has 0 unspecified atom stereocenters. The minimum atomic E-state index is -0.911. The third-order valence-corrected chi connectivity index (χ3v) is 3.57. The number of anilines is 2. The highest BCUT2D eigenvalue weighted by Crippen LogP contribution is 2.16. The second-order valence-electron chi connectivity index (χ2n) is 5.83. The van der Waals surface area contributed by atoms with Gasteiger partial charge in [0.15, 0.2) is 6.61 Å². The van der Waals surface area contributed by atoms with E-state index in [1.165, 1.54) is 20.1 Å². The summed E-state index contributed by atoms with van der Waals surface area (Å²) < 4.78 is 9.99. The number of carbonyl (C=O) groups excluding carboxylic acids is 3. The molecule has 0 bridgehead atoms. The van der Waals surface area contributed by atoms with Crippen LogP contribution in [0.3, 0.4) is 0 Å². The number of hydrogen-bond acceptors (Lipinski definition) is 6. The first kappa shape index (κ1) is 21.2. The molecule has 2 N–H and O–H groups in total. The van der Waals surface area contributed by atoms with Crippen LogP contribution in [0.25, 0.3) is 6.08 Å². The molecule has 8 nitrogen and oxygen atoms in total. The molecule has 29 heavy (non-hydrogen) atoms. The minimum Gasteiger partial charge on any atom is -0.497 e. The molecule has 2 rings (SSSR count). The molecule has 0 aliphatic carbocycles. The quantitative estimate of drug-likeness (QED) is 0.424. The number of amides is 2. The summed E-state index contributed by atoms with van der Waals surface area (Å²) in [6.45, 7) is 0.839. The van der Waals surface area contributed by atoms with Gasteiger partial charge >= 0.3 is 5.97 Å². The number of carbonyl (C=O) groups is 3. The molecule has 0 fully saturated rings. The van der Waals surface area contributed by atoms with Crippen molar-refractivity contribution in [1.82, 2.24) is 0 Å². The number of hydrogen-bond donors (Lipinski definition) is 2. The first-order valence-electron chi connectivity index (χ1n) is 8.51. The average molecular weight is 393 g/mol. The van der Waals surface area contributed by atoms with Crippen LogP contribution in [-0.4, -0.2) is 31.5 Å². The number of nitrogens with one attached hydrogen (secondary N) is 2. The fraction of sp³-hybridized carbons (Fsp3) is 0.143. The first-order chi connectivity index (χ1) is 13.9. The van der Waals surface area contributed by atoms with Gasteiger partial charge in [0, 0.05) is 18.3 Å². The van der Waals surface area contributed by atoms with Crippen molar-refractivity contribution in [3.8, 4) is 11.8 Å². The summed E-state index contributed by atoms with van der Waals surface area (Å²) in [5.41, 5.74) is 1.39. The summed E-state index contributed by atoms with van der Waals surface area (Å²) in [5, 5.41) is 14.3. The second-order valence-corrected chi connectivity index (χ2v) is 5.83. The van der Waals surface area contributed by atoms with E-state index in [-0.39, 0.29) is 11.5 Å². The van der Waals surface area contributed by atoms with Gasteiger partial charge in [-0.2, -0.15) is 5.26 Å². The molecule has 2 aromatic carbocycles. The highest BCUT2D eigenvalue weighted by atomic mass is 16.5. The Morgan fingerprint density at radius 1 is 1.07 bits per heavy atom. The molecule has 148 valence electrons. The molecule has 0 spiro atoms. The molecule has 0 saturated heterocycles. The van der Waals surface area contributed by atoms with E-state index < -0.39 is 18.5 Å². The molecule has 0 aliphatic rings. The maximum absolute atomic E-state index is 12.1. The van der Waals surface area contributed by atoms with Gasteiger partial charge < -0.3 is 20.1 Å². The Kier molecular flexibility index (Phi) is 7.51. The minimum absolute atomic E-state index is 0.205. The number of nitrogens with zero attached hydrogens (tertiary/aromatic N) is 1. The zero-order valence-corrected chi connectivity index (χ0v) is 15.9. The van der Waals surface area contributed by atoms with Gasteiger partial charge in [-0.05, 0) is 48.0 Å².